The first-order valence-corrected chi connectivity index (χ1v) is 10.9. The number of nitrogens with zero attached hydrogens (tertiary/aromatic N) is 4. The number of ketones is 1. The van der Waals surface area contributed by atoms with Crippen LogP contribution in [0.2, 0.25) is 0 Å². The second-order valence-corrected chi connectivity index (χ2v) is 8.36. The molecule has 0 aliphatic heterocycles. The molecule has 170 valence electrons. The van der Waals surface area contributed by atoms with Crippen molar-refractivity contribution < 1.29 is 9.90 Å². The van der Waals surface area contributed by atoms with Gasteiger partial charge in [0.2, 0.25) is 0 Å². The van der Waals surface area contributed by atoms with Gasteiger partial charge in [-0.3, -0.25) is 14.6 Å². The van der Waals surface area contributed by atoms with Gasteiger partial charge in [0.05, 0.1) is 17.5 Å². The van der Waals surface area contributed by atoms with Crippen LogP contribution in [0.5, 0.6) is 5.88 Å². The number of carbonyl (C=O) groups excluding carboxylic acids is 1. The zero-order chi connectivity index (χ0) is 23.7. The predicted molar refractivity (Wildman–Crippen MR) is 131 cm³/mol. The van der Waals surface area contributed by atoms with Crippen molar-refractivity contribution in [1.82, 2.24) is 25.0 Å². The molecule has 0 aliphatic carbocycles. The Labute approximate surface area is 196 Å². The van der Waals surface area contributed by atoms with Crippen LogP contribution in [0.3, 0.4) is 0 Å². The van der Waals surface area contributed by atoms with Crippen LogP contribution in [-0.4, -0.2) is 42.1 Å². The summed E-state index contributed by atoms with van der Waals surface area (Å²) in [6, 6.07) is 17.7. The lowest BCUT2D eigenvalue weighted by Gasteiger charge is -2.07. The lowest BCUT2D eigenvalue weighted by atomic mass is 9.99. The van der Waals surface area contributed by atoms with E-state index < -0.39 is 0 Å². The molecule has 8 nitrogen and oxygen atoms in total. The maximum atomic E-state index is 12.7. The molecule has 0 spiro atoms. The van der Waals surface area contributed by atoms with Gasteiger partial charge in [0, 0.05) is 36.7 Å². The fraction of sp³-hybridized carbons (Fsp3) is 0.154. The van der Waals surface area contributed by atoms with Crippen molar-refractivity contribution in [3.63, 3.8) is 0 Å². The first-order chi connectivity index (χ1) is 16.5. The summed E-state index contributed by atoms with van der Waals surface area (Å²) in [5.41, 5.74) is 6.07. The molecule has 5 rings (SSSR count). The van der Waals surface area contributed by atoms with Crippen molar-refractivity contribution in [2.24, 2.45) is 12.0 Å². The van der Waals surface area contributed by atoms with Crippen LogP contribution in [0, 0.1) is 6.92 Å². The molecule has 0 fully saturated rings. The van der Waals surface area contributed by atoms with E-state index in [2.05, 4.69) is 43.5 Å². The Balaban J connectivity index is 1.37. The van der Waals surface area contributed by atoms with Crippen LogP contribution < -0.4 is 0 Å². The second kappa shape index (κ2) is 8.82. The summed E-state index contributed by atoms with van der Waals surface area (Å²) < 4.78 is 1.64. The Morgan fingerprint density at radius 3 is 2.71 bits per heavy atom. The van der Waals surface area contributed by atoms with E-state index >= 15 is 0 Å². The smallest absolute Gasteiger partial charge is 0.198 e. The zero-order valence-electron chi connectivity index (χ0n) is 18.9. The largest absolute Gasteiger partial charge is 0.494 e. The van der Waals surface area contributed by atoms with Gasteiger partial charge in [0.15, 0.2) is 11.7 Å². The maximum absolute atomic E-state index is 12.7. The lowest BCUT2D eigenvalue weighted by Crippen LogP contribution is -2.09. The third kappa shape index (κ3) is 4.38. The van der Waals surface area contributed by atoms with E-state index in [9.17, 15) is 9.90 Å². The highest BCUT2D eigenvalue weighted by atomic mass is 16.3. The maximum Gasteiger partial charge on any atom is 0.198 e. The van der Waals surface area contributed by atoms with Gasteiger partial charge >= 0.3 is 0 Å². The highest BCUT2D eigenvalue weighted by molar-refractivity contribution is 6.02. The van der Waals surface area contributed by atoms with E-state index in [1.54, 1.807) is 30.2 Å². The number of Topliss-reactive ketones (excluding diaryl/α,β-unsaturated/α-hetero) is 1. The molecule has 0 radical (unpaired) electrons. The van der Waals surface area contributed by atoms with Gasteiger partial charge in [0.25, 0.3) is 0 Å². The molecule has 0 unspecified atom stereocenters. The minimum Gasteiger partial charge on any atom is -0.494 e. The molecule has 5 aromatic rings. The average Bonchev–Trinajstić information content (AvgIpc) is 3.51. The molecule has 8 heteroatoms. The van der Waals surface area contributed by atoms with Crippen molar-refractivity contribution >= 4 is 28.7 Å². The summed E-state index contributed by atoms with van der Waals surface area (Å²) in [7, 11) is 1.79. The molecule has 3 N–H and O–H groups in total. The molecule has 34 heavy (non-hydrogen) atoms. The number of aliphatic imine (C=N–C) groups is 1. The third-order valence-electron chi connectivity index (χ3n) is 5.75. The van der Waals surface area contributed by atoms with Crippen molar-refractivity contribution in [1.29, 1.82) is 0 Å². The van der Waals surface area contributed by atoms with E-state index in [4.69, 9.17) is 0 Å². The van der Waals surface area contributed by atoms with E-state index in [0.717, 1.165) is 33.3 Å². The van der Waals surface area contributed by atoms with Gasteiger partial charge in [-0.25, -0.2) is 4.99 Å². The number of rotatable bonds is 7. The van der Waals surface area contributed by atoms with Crippen LogP contribution in [0.1, 0.15) is 38.4 Å². The molecular formula is C26H24N6O2. The molecule has 2 aromatic carbocycles. The Morgan fingerprint density at radius 2 is 1.94 bits per heavy atom. The first kappa shape index (κ1) is 21.4. The number of aromatic hydroxyl groups is 1. The fourth-order valence-electron chi connectivity index (χ4n) is 4.17. The summed E-state index contributed by atoms with van der Waals surface area (Å²) >= 11 is 0. The number of nitrogens with one attached hydrogen (secondary N) is 2. The van der Waals surface area contributed by atoms with E-state index in [-0.39, 0.29) is 11.7 Å². The molecule has 0 atom stereocenters. The van der Waals surface area contributed by atoms with Gasteiger partial charge in [-0.15, -0.1) is 0 Å². The number of aromatic nitrogens is 5. The summed E-state index contributed by atoms with van der Waals surface area (Å²) in [6.07, 6.45) is 4.27. The Morgan fingerprint density at radius 1 is 1.12 bits per heavy atom. The molecule has 3 aromatic heterocycles. The number of benzene rings is 2. The molecule has 0 bridgehead atoms. The quantitative estimate of drug-likeness (QED) is 0.251. The average molecular weight is 453 g/mol. The number of hydrogen-bond donors (Lipinski definition) is 3. The number of fused-ring (bicyclic) bond motifs is 1. The third-order valence-corrected chi connectivity index (χ3v) is 5.75. The molecular weight excluding hydrogens is 428 g/mol. The van der Waals surface area contributed by atoms with Gasteiger partial charge in [-0.05, 0) is 48.2 Å². The monoisotopic (exact) mass is 452 g/mol. The summed E-state index contributed by atoms with van der Waals surface area (Å²) in [4.78, 5) is 20.1. The van der Waals surface area contributed by atoms with Gasteiger partial charge in [0.1, 0.15) is 11.5 Å². The number of hydrogen-bond acceptors (Lipinski definition) is 5. The predicted octanol–water partition coefficient (Wildman–Crippen LogP) is 4.41. The van der Waals surface area contributed by atoms with Gasteiger partial charge in [-0.1, -0.05) is 30.3 Å². The minimum atomic E-state index is 0.0469. The Hall–Kier alpha value is -4.46. The molecule has 3 heterocycles. The van der Waals surface area contributed by atoms with Crippen LogP contribution >= 0.6 is 0 Å². The van der Waals surface area contributed by atoms with Crippen molar-refractivity contribution in [2.75, 3.05) is 0 Å². The van der Waals surface area contributed by atoms with Crippen LogP contribution in [0.4, 0.5) is 5.82 Å². The van der Waals surface area contributed by atoms with Gasteiger partial charge < -0.3 is 10.1 Å². The lowest BCUT2D eigenvalue weighted by molar-refractivity contribution is 0.0984. The van der Waals surface area contributed by atoms with E-state index in [1.807, 2.05) is 37.3 Å². The Bertz CT molecular complexity index is 1510. The summed E-state index contributed by atoms with van der Waals surface area (Å²) in [5, 5.41) is 22.2. The van der Waals surface area contributed by atoms with Crippen LogP contribution in [-0.2, 0) is 19.9 Å². The molecule has 0 saturated carbocycles. The Kier molecular flexibility index (Phi) is 5.55. The number of H-pyrrole nitrogens is 2. The second-order valence-electron chi connectivity index (χ2n) is 8.36. The summed E-state index contributed by atoms with van der Waals surface area (Å²) in [6.45, 7) is 1.88. The normalized spacial score (nSPS) is 11.6. The van der Waals surface area contributed by atoms with Crippen LogP contribution in [0.25, 0.3) is 10.9 Å². The van der Waals surface area contributed by atoms with Crippen molar-refractivity contribution in [3.8, 4) is 5.88 Å². The number of aromatic amines is 2. The minimum absolute atomic E-state index is 0.0469. The zero-order valence-corrected chi connectivity index (χ0v) is 18.9. The molecule has 0 amide bonds. The first-order valence-electron chi connectivity index (χ1n) is 10.9. The van der Waals surface area contributed by atoms with Crippen molar-refractivity contribution in [2.45, 2.75) is 19.8 Å². The van der Waals surface area contributed by atoms with Crippen molar-refractivity contribution in [3.05, 3.63) is 94.4 Å². The van der Waals surface area contributed by atoms with E-state index in [0.29, 0.717) is 29.9 Å². The number of carbonyl (C=O) groups is 1. The molecule has 0 saturated heterocycles. The SMILES string of the molecule is Cc1cc(C(=O)Cc2cccc(Cc3ccc4[nH]c(O)c(C=Nc5ccn[nH]5)c4c3)c2)n(C)n1. The fourth-order valence-corrected chi connectivity index (χ4v) is 4.17. The highest BCUT2D eigenvalue weighted by Gasteiger charge is 2.14. The number of aryl methyl sites for hydroxylation is 2. The van der Waals surface area contributed by atoms with E-state index in [1.165, 1.54) is 0 Å². The van der Waals surface area contributed by atoms with Crippen LogP contribution in [0.15, 0.2) is 65.8 Å². The summed E-state index contributed by atoms with van der Waals surface area (Å²) in [5.74, 6) is 0.726. The standard InChI is InChI=1S/C26H24N6O2/c1-16-10-23(32(2)31-16)24(33)14-18-5-3-4-17(11-18)12-19-6-7-22-20(13-19)21(26(34)29-22)15-27-25-8-9-28-30-25/h3-11,13,15,29,34H,12,14H2,1-2H3,(H,28,30). The highest BCUT2D eigenvalue weighted by Crippen LogP contribution is 2.28. The topological polar surface area (TPSA) is 112 Å². The van der Waals surface area contributed by atoms with Gasteiger partial charge in [-0.2, -0.15) is 10.2 Å². The molecule has 0 aliphatic rings.